The number of aromatic nitrogens is 1. The largest absolute Gasteiger partial charge is 0.481 e. The molecule has 3 N–H and O–H groups in total. The van der Waals surface area contributed by atoms with Crippen molar-refractivity contribution in [2.75, 3.05) is 0 Å². The highest BCUT2D eigenvalue weighted by Gasteiger charge is 2.67. The van der Waals surface area contributed by atoms with Crippen LogP contribution in [0.1, 0.15) is 132 Å². The summed E-state index contributed by atoms with van der Waals surface area (Å²) in [5.74, 6) is -0.636. The van der Waals surface area contributed by atoms with Gasteiger partial charge in [0.1, 0.15) is 6.04 Å². The maximum absolute atomic E-state index is 14.8. The van der Waals surface area contributed by atoms with Gasteiger partial charge in [-0.05, 0) is 113 Å². The number of Topliss-reactive ketones (excluding diaryl/α,β-unsaturated/α-hetero) is 1. The van der Waals surface area contributed by atoms with Gasteiger partial charge in [-0.2, -0.15) is 0 Å². The first-order chi connectivity index (χ1) is 22.3. The summed E-state index contributed by atoms with van der Waals surface area (Å²) >= 11 is 0. The molecular weight excluding hydrogens is 602 g/mol. The number of fused-ring (bicyclic) bond motifs is 11. The number of aliphatic hydroxyl groups is 2. The molecule has 9 atom stereocenters. The highest BCUT2D eigenvalue weighted by Crippen LogP contribution is 2.71. The number of aliphatic carboxylic acids is 1. The van der Waals surface area contributed by atoms with E-state index >= 15 is 0 Å². The van der Waals surface area contributed by atoms with E-state index in [0.717, 1.165) is 58.9 Å². The molecule has 3 heterocycles. The van der Waals surface area contributed by atoms with Crippen molar-refractivity contribution in [1.82, 2.24) is 4.57 Å². The number of ketones is 1. The highest BCUT2D eigenvalue weighted by atomic mass is 16.5. The zero-order valence-electron chi connectivity index (χ0n) is 29.7. The molecule has 6 aliphatic rings. The molecule has 2 aromatic rings. The second-order valence-corrected chi connectivity index (χ2v) is 17.8. The Bertz CT molecular complexity index is 1910. The summed E-state index contributed by atoms with van der Waals surface area (Å²) in [6, 6.07) is 1.74. The van der Waals surface area contributed by atoms with Gasteiger partial charge in [0, 0.05) is 33.4 Å². The van der Waals surface area contributed by atoms with Gasteiger partial charge >= 0.3 is 5.97 Å². The number of allylic oxidation sites excluding steroid dienone is 1. The SMILES string of the molecule is C=C(C)[C@H]1C(=O)c2c3c(cc4c5c(n1c24)[C@@]1(C)C(CC[C@H]2[C@](C)(/C=C/CC(=O)O)[C@@H](O)CC[C@@]21C)C5)C1=CC(C)(C)OC(C)(C)C1[C@@H]3O. The van der Waals surface area contributed by atoms with E-state index in [-0.39, 0.29) is 34.9 Å². The first-order valence-corrected chi connectivity index (χ1v) is 17.9. The van der Waals surface area contributed by atoms with Gasteiger partial charge in [0.15, 0.2) is 5.78 Å². The number of aliphatic hydroxyl groups excluding tert-OH is 2. The number of carbonyl (C=O) groups excluding carboxylic acids is 1. The van der Waals surface area contributed by atoms with Crippen molar-refractivity contribution in [3.05, 3.63) is 64.4 Å². The van der Waals surface area contributed by atoms with Gasteiger partial charge in [-0.3, -0.25) is 9.59 Å². The fraction of sp³-hybridized carbons (Fsp3) is 0.610. The van der Waals surface area contributed by atoms with Crippen molar-refractivity contribution in [1.29, 1.82) is 0 Å². The standard InChI is InChI=1S/C41H51NO6/c1-20(2)32-35(47)30-29-22(25-19-37(3,4)48-38(5,6)31(25)34(29)46)18-23-24-17-21-12-13-26-39(7,15-10-11-28(44)45)27(43)14-16-40(26,8)41(21,9)36(24)42(32)33(23)30/h10,15,18-19,21,26-27,31-32,34,43,46H,1,11-14,16-17H2,2-9H3,(H,44,45)/b15-10+/t21?,26-,27-,31?,32-,34+,39-,40-,41+/m0/s1. The fourth-order valence-electron chi connectivity index (χ4n) is 12.5. The number of nitrogens with zero attached hydrogens (tertiary/aromatic N) is 1. The quantitative estimate of drug-likeness (QED) is 0.293. The van der Waals surface area contributed by atoms with Gasteiger partial charge in [0.25, 0.3) is 0 Å². The van der Waals surface area contributed by atoms with Crippen LogP contribution in [0.15, 0.2) is 36.4 Å². The molecule has 4 aliphatic carbocycles. The third-order valence-corrected chi connectivity index (χ3v) is 14.4. The molecule has 256 valence electrons. The summed E-state index contributed by atoms with van der Waals surface area (Å²) in [4.78, 5) is 26.2. The Morgan fingerprint density at radius 3 is 2.48 bits per heavy atom. The Hall–Kier alpha value is -3.00. The van der Waals surface area contributed by atoms with Crippen LogP contribution >= 0.6 is 0 Å². The first kappa shape index (κ1) is 32.2. The lowest BCUT2D eigenvalue weighted by molar-refractivity contribution is -0.145. The molecule has 1 aromatic heterocycles. The molecular formula is C41H51NO6. The van der Waals surface area contributed by atoms with Crippen molar-refractivity contribution < 1.29 is 29.6 Å². The summed E-state index contributed by atoms with van der Waals surface area (Å²) in [5, 5.41) is 34.2. The number of rotatable bonds is 4. The number of carboxylic acid groups (broad SMARTS) is 1. The van der Waals surface area contributed by atoms with Crippen LogP contribution in [0.2, 0.25) is 0 Å². The molecule has 48 heavy (non-hydrogen) atoms. The van der Waals surface area contributed by atoms with Crippen molar-refractivity contribution in [2.24, 2.45) is 28.6 Å². The molecule has 7 nitrogen and oxygen atoms in total. The van der Waals surface area contributed by atoms with Crippen molar-refractivity contribution in [3.63, 3.8) is 0 Å². The van der Waals surface area contributed by atoms with E-state index < -0.39 is 40.8 Å². The number of carbonyl (C=O) groups is 2. The molecule has 2 fully saturated rings. The van der Waals surface area contributed by atoms with Gasteiger partial charge in [0.05, 0.1) is 40.9 Å². The predicted molar refractivity (Wildman–Crippen MR) is 186 cm³/mol. The Kier molecular flexibility index (Phi) is 6.45. The Morgan fingerprint density at radius 1 is 1.10 bits per heavy atom. The Labute approximate surface area is 283 Å². The summed E-state index contributed by atoms with van der Waals surface area (Å²) < 4.78 is 8.84. The monoisotopic (exact) mass is 653 g/mol. The molecule has 0 spiro atoms. The lowest BCUT2D eigenvalue weighted by Gasteiger charge is -2.64. The van der Waals surface area contributed by atoms with E-state index in [0.29, 0.717) is 17.9 Å². The van der Waals surface area contributed by atoms with Gasteiger partial charge in [-0.15, -0.1) is 0 Å². The van der Waals surface area contributed by atoms with E-state index in [1.807, 2.05) is 26.8 Å². The van der Waals surface area contributed by atoms with Gasteiger partial charge in [0.2, 0.25) is 0 Å². The summed E-state index contributed by atoms with van der Waals surface area (Å²) in [6.07, 6.45) is 8.75. The first-order valence-electron chi connectivity index (χ1n) is 17.9. The minimum Gasteiger partial charge on any atom is -0.481 e. The zero-order chi connectivity index (χ0) is 34.7. The average Bonchev–Trinajstić information content (AvgIpc) is 3.63. The molecule has 2 saturated carbocycles. The topological polar surface area (TPSA) is 109 Å². The molecule has 2 aliphatic heterocycles. The molecule has 0 radical (unpaired) electrons. The third kappa shape index (κ3) is 3.71. The predicted octanol–water partition coefficient (Wildman–Crippen LogP) is 7.63. The highest BCUT2D eigenvalue weighted by molar-refractivity contribution is 6.18. The van der Waals surface area contributed by atoms with Crippen LogP contribution in [0.4, 0.5) is 0 Å². The molecule has 1 aromatic carbocycles. The minimum atomic E-state index is -0.875. The van der Waals surface area contributed by atoms with Crippen molar-refractivity contribution in [2.45, 2.75) is 129 Å². The van der Waals surface area contributed by atoms with Gasteiger partial charge in [-0.1, -0.05) is 45.1 Å². The van der Waals surface area contributed by atoms with Crippen LogP contribution in [0, 0.1) is 28.6 Å². The van der Waals surface area contributed by atoms with E-state index in [1.54, 1.807) is 6.08 Å². The van der Waals surface area contributed by atoms with Crippen LogP contribution in [-0.2, 0) is 21.4 Å². The van der Waals surface area contributed by atoms with Crippen LogP contribution in [0.25, 0.3) is 16.5 Å². The number of ether oxygens (including phenoxy) is 1. The van der Waals surface area contributed by atoms with Crippen molar-refractivity contribution >= 4 is 28.2 Å². The summed E-state index contributed by atoms with van der Waals surface area (Å²) in [5.41, 5.74) is 5.52. The average molecular weight is 654 g/mol. The van der Waals surface area contributed by atoms with E-state index in [1.165, 1.54) is 11.3 Å². The number of hydrogen-bond acceptors (Lipinski definition) is 5. The fourth-order valence-corrected chi connectivity index (χ4v) is 12.5. The smallest absolute Gasteiger partial charge is 0.307 e. The van der Waals surface area contributed by atoms with E-state index in [4.69, 9.17) is 4.74 Å². The molecule has 0 saturated heterocycles. The molecule has 0 amide bonds. The Balaban J connectivity index is 1.38. The lowest BCUT2D eigenvalue weighted by Crippen LogP contribution is -2.62. The maximum Gasteiger partial charge on any atom is 0.307 e. The second kappa shape index (κ2) is 9.61. The molecule has 2 unspecified atom stereocenters. The minimum absolute atomic E-state index is 0.0171. The number of carboxylic acids is 1. The van der Waals surface area contributed by atoms with Crippen LogP contribution < -0.4 is 0 Å². The maximum atomic E-state index is 14.8. The van der Waals surface area contributed by atoms with E-state index in [2.05, 4.69) is 57.9 Å². The summed E-state index contributed by atoms with van der Waals surface area (Å²) in [6.45, 7) is 21.5. The number of hydrogen-bond donors (Lipinski definition) is 3. The zero-order valence-corrected chi connectivity index (χ0v) is 29.7. The van der Waals surface area contributed by atoms with E-state index in [9.17, 15) is 24.9 Å². The normalized spacial score (nSPS) is 40.0. The summed E-state index contributed by atoms with van der Waals surface area (Å²) in [7, 11) is 0. The van der Waals surface area contributed by atoms with Crippen LogP contribution in [0.5, 0.6) is 0 Å². The van der Waals surface area contributed by atoms with Crippen LogP contribution in [-0.4, -0.2) is 48.9 Å². The lowest BCUT2D eigenvalue weighted by atomic mass is 9.40. The number of benzene rings is 1. The molecule has 7 heteroatoms. The van der Waals surface area contributed by atoms with Crippen LogP contribution in [0.3, 0.4) is 0 Å². The third-order valence-electron chi connectivity index (χ3n) is 14.4. The van der Waals surface area contributed by atoms with Crippen molar-refractivity contribution in [3.8, 4) is 0 Å². The van der Waals surface area contributed by atoms with Gasteiger partial charge in [-0.25, -0.2) is 0 Å². The second-order valence-electron chi connectivity index (χ2n) is 17.8. The Morgan fingerprint density at radius 2 is 1.81 bits per heavy atom. The molecule has 0 bridgehead atoms. The van der Waals surface area contributed by atoms with Gasteiger partial charge < -0.3 is 24.6 Å². The molecule has 8 rings (SSSR count).